The minimum absolute atomic E-state index is 0.0622. The quantitative estimate of drug-likeness (QED) is 0.0346. The van der Waals surface area contributed by atoms with Crippen LogP contribution in [0.2, 0.25) is 0 Å². The van der Waals surface area contributed by atoms with Gasteiger partial charge < -0.3 is 14.2 Å². The molecule has 0 aromatic rings. The molecule has 0 aromatic carbocycles. The second-order valence-corrected chi connectivity index (χ2v) is 18.4. The molecule has 0 aliphatic carbocycles. The molecule has 0 bridgehead atoms. The van der Waals surface area contributed by atoms with Gasteiger partial charge in [-0.3, -0.25) is 9.59 Å². The molecule has 0 N–H and O–H groups in total. The summed E-state index contributed by atoms with van der Waals surface area (Å²) in [6, 6.07) is 0. The average Bonchev–Trinajstić information content (AvgIpc) is 3.32. The van der Waals surface area contributed by atoms with Crippen LogP contribution in [0.1, 0.15) is 265 Å². The van der Waals surface area contributed by atoms with E-state index in [2.05, 4.69) is 106 Å². The van der Waals surface area contributed by atoms with Gasteiger partial charge in [0, 0.05) is 19.4 Å². The second-order valence-electron chi connectivity index (χ2n) is 18.4. The molecule has 0 amide bonds. The maximum absolute atomic E-state index is 12.8. The molecule has 0 saturated carbocycles. The van der Waals surface area contributed by atoms with Gasteiger partial charge in [-0.2, -0.15) is 0 Å². The van der Waals surface area contributed by atoms with E-state index in [9.17, 15) is 9.59 Å². The number of hydrogen-bond acceptors (Lipinski definition) is 5. The molecule has 0 heterocycles. The highest BCUT2D eigenvalue weighted by Gasteiger charge is 2.17. The lowest BCUT2D eigenvalue weighted by Gasteiger charge is -2.18. The molecule has 0 rings (SSSR count). The zero-order valence-corrected chi connectivity index (χ0v) is 43.7. The summed E-state index contributed by atoms with van der Waals surface area (Å²) in [6.07, 6.45) is 74.7. The van der Waals surface area contributed by atoms with E-state index in [0.717, 1.165) is 96.3 Å². The first-order valence-corrected chi connectivity index (χ1v) is 28.1. The van der Waals surface area contributed by atoms with Crippen LogP contribution in [0.5, 0.6) is 0 Å². The number of carbonyl (C=O) groups excluding carboxylic acids is 2. The Morgan fingerprint density at radius 2 is 0.682 bits per heavy atom. The van der Waals surface area contributed by atoms with E-state index in [1.165, 1.54) is 135 Å². The Labute approximate surface area is 409 Å². The van der Waals surface area contributed by atoms with Crippen LogP contribution in [0.3, 0.4) is 0 Å². The molecule has 380 valence electrons. The Balaban J connectivity index is 4.31. The minimum Gasteiger partial charge on any atom is -0.462 e. The standard InChI is InChI=1S/C61H106O5/c1-4-7-10-13-16-19-22-25-28-30-31-32-34-36-39-42-45-48-51-54-60(62)65-58-59(57-64-56-53-50-47-44-41-38-35-29-26-23-20-17-14-11-8-5-2)66-61(63)55-52-49-46-43-40-37-33-27-24-21-18-15-12-9-6-3/h8-9,11-12,17-18,20-21,26-27,29,33,40,43,59H,4-7,10,13-16,19,22-25,28,30-32,34-39,41-42,44-58H2,1-3H3/b11-8-,12-9-,20-17-,21-18-,29-26-,33-27-,43-40-. The Kier molecular flexibility index (Phi) is 53.9. The minimum atomic E-state index is -0.567. The van der Waals surface area contributed by atoms with Crippen LogP contribution < -0.4 is 0 Å². The molecule has 5 heteroatoms. The van der Waals surface area contributed by atoms with Gasteiger partial charge in [0.2, 0.25) is 0 Å². The third-order valence-corrected chi connectivity index (χ3v) is 11.9. The molecular weight excluding hydrogens is 813 g/mol. The van der Waals surface area contributed by atoms with Gasteiger partial charge in [-0.15, -0.1) is 0 Å². The van der Waals surface area contributed by atoms with E-state index in [1.807, 2.05) is 0 Å². The molecule has 0 aliphatic rings. The fraction of sp³-hybridized carbons (Fsp3) is 0.738. The Morgan fingerprint density at radius 1 is 0.348 bits per heavy atom. The molecule has 5 nitrogen and oxygen atoms in total. The summed E-state index contributed by atoms with van der Waals surface area (Å²) in [4.78, 5) is 25.5. The number of rotatable bonds is 51. The van der Waals surface area contributed by atoms with Crippen molar-refractivity contribution in [3.63, 3.8) is 0 Å². The highest BCUT2D eigenvalue weighted by Crippen LogP contribution is 2.16. The number of esters is 2. The van der Waals surface area contributed by atoms with E-state index in [4.69, 9.17) is 14.2 Å². The lowest BCUT2D eigenvalue weighted by Crippen LogP contribution is -2.30. The van der Waals surface area contributed by atoms with Crippen LogP contribution in [-0.2, 0) is 23.8 Å². The van der Waals surface area contributed by atoms with Gasteiger partial charge in [-0.1, -0.05) is 247 Å². The first-order valence-electron chi connectivity index (χ1n) is 28.1. The van der Waals surface area contributed by atoms with Crippen LogP contribution in [0.15, 0.2) is 85.1 Å². The van der Waals surface area contributed by atoms with Crippen molar-refractivity contribution in [3.8, 4) is 0 Å². The summed E-state index contributed by atoms with van der Waals surface area (Å²) in [5, 5.41) is 0. The molecule has 0 fully saturated rings. The molecule has 0 radical (unpaired) electrons. The number of unbranched alkanes of at least 4 members (excludes halogenated alkanes) is 26. The Hall–Kier alpha value is -2.92. The average molecular weight is 920 g/mol. The number of ether oxygens (including phenoxy) is 3. The Morgan fingerprint density at radius 3 is 1.12 bits per heavy atom. The topological polar surface area (TPSA) is 61.8 Å². The van der Waals surface area contributed by atoms with Crippen LogP contribution in [0, 0.1) is 0 Å². The van der Waals surface area contributed by atoms with Crippen LogP contribution in [0.4, 0.5) is 0 Å². The largest absolute Gasteiger partial charge is 0.462 e. The third-order valence-electron chi connectivity index (χ3n) is 11.9. The Bertz CT molecular complexity index is 1220. The summed E-state index contributed by atoms with van der Waals surface area (Å²) >= 11 is 0. The summed E-state index contributed by atoms with van der Waals surface area (Å²) < 4.78 is 17.4. The smallest absolute Gasteiger partial charge is 0.306 e. The van der Waals surface area contributed by atoms with E-state index >= 15 is 0 Å². The van der Waals surface area contributed by atoms with Crippen LogP contribution >= 0.6 is 0 Å². The van der Waals surface area contributed by atoms with Crippen molar-refractivity contribution < 1.29 is 23.8 Å². The lowest BCUT2D eigenvalue weighted by atomic mass is 10.0. The number of carbonyl (C=O) groups is 2. The predicted octanol–water partition coefficient (Wildman–Crippen LogP) is 19.2. The van der Waals surface area contributed by atoms with Crippen LogP contribution in [0.25, 0.3) is 0 Å². The maximum Gasteiger partial charge on any atom is 0.306 e. The van der Waals surface area contributed by atoms with Crippen molar-refractivity contribution in [2.75, 3.05) is 19.8 Å². The lowest BCUT2D eigenvalue weighted by molar-refractivity contribution is -0.163. The monoisotopic (exact) mass is 919 g/mol. The van der Waals surface area contributed by atoms with Crippen molar-refractivity contribution in [2.24, 2.45) is 0 Å². The van der Waals surface area contributed by atoms with Gasteiger partial charge in [-0.25, -0.2) is 0 Å². The first kappa shape index (κ1) is 63.1. The van der Waals surface area contributed by atoms with Crippen molar-refractivity contribution >= 4 is 11.9 Å². The van der Waals surface area contributed by atoms with Crippen molar-refractivity contribution in [1.82, 2.24) is 0 Å². The van der Waals surface area contributed by atoms with Gasteiger partial charge in [0.15, 0.2) is 6.10 Å². The molecule has 0 aromatic heterocycles. The zero-order valence-electron chi connectivity index (χ0n) is 43.7. The predicted molar refractivity (Wildman–Crippen MR) is 288 cm³/mol. The van der Waals surface area contributed by atoms with E-state index < -0.39 is 6.10 Å². The van der Waals surface area contributed by atoms with Crippen LogP contribution in [-0.4, -0.2) is 37.9 Å². The fourth-order valence-corrected chi connectivity index (χ4v) is 7.81. The molecule has 0 aliphatic heterocycles. The highest BCUT2D eigenvalue weighted by molar-refractivity contribution is 5.70. The molecule has 1 atom stereocenters. The molecular formula is C61H106O5. The normalized spacial score (nSPS) is 12.8. The molecule has 0 saturated heterocycles. The number of allylic oxidation sites excluding steroid dienone is 14. The van der Waals surface area contributed by atoms with Crippen molar-refractivity contribution in [2.45, 2.75) is 271 Å². The van der Waals surface area contributed by atoms with Crippen molar-refractivity contribution in [3.05, 3.63) is 85.1 Å². The highest BCUT2D eigenvalue weighted by atomic mass is 16.6. The van der Waals surface area contributed by atoms with E-state index in [1.54, 1.807) is 0 Å². The SMILES string of the molecule is CC/C=C\C/C=C\C/C=C\C/C=C\CCCCC(=O)OC(COCCCCCCCC/C=C\C/C=C\C/C=C\CC)COC(=O)CCCCCCCCCCCCCCCCCCCCC. The summed E-state index contributed by atoms with van der Waals surface area (Å²) in [6.45, 7) is 7.56. The van der Waals surface area contributed by atoms with E-state index in [-0.39, 0.29) is 25.2 Å². The van der Waals surface area contributed by atoms with Gasteiger partial charge in [0.05, 0.1) is 6.61 Å². The van der Waals surface area contributed by atoms with Crippen molar-refractivity contribution in [1.29, 1.82) is 0 Å². The third kappa shape index (κ3) is 53.7. The molecule has 0 spiro atoms. The summed E-state index contributed by atoms with van der Waals surface area (Å²) in [7, 11) is 0. The summed E-state index contributed by atoms with van der Waals surface area (Å²) in [5.41, 5.74) is 0. The second kappa shape index (κ2) is 56.4. The number of hydrogen-bond donors (Lipinski definition) is 0. The molecule has 66 heavy (non-hydrogen) atoms. The van der Waals surface area contributed by atoms with Gasteiger partial charge in [0.25, 0.3) is 0 Å². The maximum atomic E-state index is 12.8. The summed E-state index contributed by atoms with van der Waals surface area (Å²) in [5.74, 6) is -0.446. The fourth-order valence-electron chi connectivity index (χ4n) is 7.81. The molecule has 1 unspecified atom stereocenters. The van der Waals surface area contributed by atoms with Gasteiger partial charge >= 0.3 is 11.9 Å². The van der Waals surface area contributed by atoms with E-state index in [0.29, 0.717) is 19.4 Å². The zero-order chi connectivity index (χ0) is 47.7. The van der Waals surface area contributed by atoms with Gasteiger partial charge in [-0.05, 0) is 89.9 Å². The van der Waals surface area contributed by atoms with Gasteiger partial charge in [0.1, 0.15) is 6.61 Å². The first-order chi connectivity index (χ1) is 32.6.